The summed E-state index contributed by atoms with van der Waals surface area (Å²) in [5, 5.41) is 0. The molecule has 3 nitrogen and oxygen atoms in total. The molecule has 1 aromatic heterocycles. The maximum atomic E-state index is 5.84. The number of anilines is 1. The summed E-state index contributed by atoms with van der Waals surface area (Å²) in [6.45, 7) is 5.21. The van der Waals surface area contributed by atoms with Crippen LogP contribution >= 0.6 is 0 Å². The Kier molecular flexibility index (Phi) is 3.02. The van der Waals surface area contributed by atoms with Gasteiger partial charge in [0.25, 0.3) is 0 Å². The third kappa shape index (κ3) is 2.29. The molecule has 2 atom stereocenters. The van der Waals surface area contributed by atoms with Crippen LogP contribution in [-0.2, 0) is 4.74 Å². The monoisotopic (exact) mass is 232 g/mol. The molecule has 2 aliphatic heterocycles. The van der Waals surface area contributed by atoms with E-state index in [1.807, 2.05) is 0 Å². The van der Waals surface area contributed by atoms with Gasteiger partial charge in [0.05, 0.1) is 6.10 Å². The molecule has 2 saturated heterocycles. The minimum atomic E-state index is 0.504. The molecule has 0 N–H and O–H groups in total. The van der Waals surface area contributed by atoms with E-state index in [9.17, 15) is 0 Å². The number of piperidine rings is 1. The van der Waals surface area contributed by atoms with Crippen LogP contribution in [0, 0.1) is 12.8 Å². The van der Waals surface area contributed by atoms with Gasteiger partial charge < -0.3 is 9.64 Å². The maximum absolute atomic E-state index is 5.84. The van der Waals surface area contributed by atoms with Crippen LogP contribution in [0.15, 0.2) is 18.2 Å². The highest BCUT2D eigenvalue weighted by Crippen LogP contribution is 2.30. The fourth-order valence-electron chi connectivity index (χ4n) is 3.00. The lowest BCUT2D eigenvalue weighted by atomic mass is 9.88. The lowest BCUT2D eigenvalue weighted by molar-refractivity contribution is -0.0358. The summed E-state index contributed by atoms with van der Waals surface area (Å²) in [7, 11) is 0. The summed E-state index contributed by atoms with van der Waals surface area (Å²) >= 11 is 0. The van der Waals surface area contributed by atoms with Crippen LogP contribution in [0.25, 0.3) is 0 Å². The van der Waals surface area contributed by atoms with Gasteiger partial charge in [-0.3, -0.25) is 0 Å². The second-order valence-corrected chi connectivity index (χ2v) is 5.18. The number of aryl methyl sites for hydroxylation is 1. The Labute approximate surface area is 103 Å². The summed E-state index contributed by atoms with van der Waals surface area (Å²) in [5.41, 5.74) is 1.10. The lowest BCUT2D eigenvalue weighted by Gasteiger charge is -2.41. The predicted molar refractivity (Wildman–Crippen MR) is 68.3 cm³/mol. The molecule has 2 aliphatic rings. The van der Waals surface area contributed by atoms with Gasteiger partial charge in [0.15, 0.2) is 0 Å². The molecule has 0 radical (unpaired) electrons. The van der Waals surface area contributed by atoms with Crippen molar-refractivity contribution in [2.24, 2.45) is 5.92 Å². The average molecular weight is 232 g/mol. The summed E-state index contributed by atoms with van der Waals surface area (Å²) in [5.74, 6) is 1.84. The van der Waals surface area contributed by atoms with Crippen LogP contribution in [0.3, 0.4) is 0 Å². The Hall–Kier alpha value is -1.09. The van der Waals surface area contributed by atoms with Gasteiger partial charge in [0.1, 0.15) is 5.82 Å². The zero-order chi connectivity index (χ0) is 11.7. The Morgan fingerprint density at radius 1 is 1.35 bits per heavy atom. The summed E-state index contributed by atoms with van der Waals surface area (Å²) in [6.07, 6.45) is 4.19. The molecule has 3 heteroatoms. The first-order valence-electron chi connectivity index (χ1n) is 6.63. The first-order valence-corrected chi connectivity index (χ1v) is 6.63. The Bertz CT molecular complexity index is 394. The molecule has 3 heterocycles. The van der Waals surface area contributed by atoms with Crippen molar-refractivity contribution in [2.45, 2.75) is 32.3 Å². The summed E-state index contributed by atoms with van der Waals surface area (Å²) in [6, 6.07) is 6.28. The van der Waals surface area contributed by atoms with Crippen molar-refractivity contribution >= 4 is 5.82 Å². The van der Waals surface area contributed by atoms with E-state index in [2.05, 4.69) is 35.0 Å². The van der Waals surface area contributed by atoms with E-state index in [0.29, 0.717) is 12.0 Å². The van der Waals surface area contributed by atoms with E-state index < -0.39 is 0 Å². The number of hydrogen-bond acceptors (Lipinski definition) is 3. The molecule has 0 saturated carbocycles. The van der Waals surface area contributed by atoms with Crippen molar-refractivity contribution in [1.29, 1.82) is 0 Å². The largest absolute Gasteiger partial charge is 0.378 e. The van der Waals surface area contributed by atoms with Crippen LogP contribution in [0.1, 0.15) is 25.0 Å². The van der Waals surface area contributed by atoms with Gasteiger partial charge in [-0.1, -0.05) is 6.07 Å². The summed E-state index contributed by atoms with van der Waals surface area (Å²) in [4.78, 5) is 7.04. The van der Waals surface area contributed by atoms with Crippen molar-refractivity contribution in [3.05, 3.63) is 23.9 Å². The number of aromatic nitrogens is 1. The minimum absolute atomic E-state index is 0.504. The molecule has 0 aliphatic carbocycles. The molecule has 92 valence electrons. The standard InChI is InChI=1S/C14H20N2O/c1-11-4-2-6-14(15-11)16-8-7-13-12(10-16)5-3-9-17-13/h2,4,6,12-13H,3,5,7-10H2,1H3/t12-,13-/m1/s1. The van der Waals surface area contributed by atoms with Gasteiger partial charge in [-0.25, -0.2) is 4.98 Å². The van der Waals surface area contributed by atoms with Crippen molar-refractivity contribution in [2.75, 3.05) is 24.6 Å². The fourth-order valence-corrected chi connectivity index (χ4v) is 3.00. The van der Waals surface area contributed by atoms with Crippen molar-refractivity contribution in [3.8, 4) is 0 Å². The van der Waals surface area contributed by atoms with E-state index in [1.54, 1.807) is 0 Å². The van der Waals surface area contributed by atoms with E-state index in [-0.39, 0.29) is 0 Å². The quantitative estimate of drug-likeness (QED) is 0.743. The molecule has 0 aromatic carbocycles. The number of fused-ring (bicyclic) bond motifs is 1. The zero-order valence-electron chi connectivity index (χ0n) is 10.4. The highest BCUT2D eigenvalue weighted by atomic mass is 16.5. The van der Waals surface area contributed by atoms with Crippen LogP contribution in [-0.4, -0.2) is 30.8 Å². The predicted octanol–water partition coefficient (Wildman–Crippen LogP) is 2.40. The molecule has 2 fully saturated rings. The molecule has 0 spiro atoms. The first kappa shape index (κ1) is 11.0. The highest BCUT2D eigenvalue weighted by molar-refractivity contribution is 5.39. The second kappa shape index (κ2) is 4.65. The first-order chi connectivity index (χ1) is 8.33. The number of pyridine rings is 1. The lowest BCUT2D eigenvalue weighted by Crippen LogP contribution is -2.46. The molecule has 1 aromatic rings. The van der Waals surface area contributed by atoms with Crippen molar-refractivity contribution < 1.29 is 4.74 Å². The third-order valence-electron chi connectivity index (χ3n) is 3.91. The van der Waals surface area contributed by atoms with Gasteiger partial charge in [0.2, 0.25) is 0 Å². The van der Waals surface area contributed by atoms with Gasteiger partial charge in [-0.15, -0.1) is 0 Å². The Morgan fingerprint density at radius 2 is 2.29 bits per heavy atom. The number of ether oxygens (including phenoxy) is 1. The van der Waals surface area contributed by atoms with Gasteiger partial charge in [-0.2, -0.15) is 0 Å². The Balaban J connectivity index is 1.73. The smallest absolute Gasteiger partial charge is 0.128 e. The normalized spacial score (nSPS) is 28.9. The molecule has 0 unspecified atom stereocenters. The third-order valence-corrected chi connectivity index (χ3v) is 3.91. The SMILES string of the molecule is Cc1cccc(N2CC[C@H]3OCCC[C@@H]3C2)n1. The van der Waals surface area contributed by atoms with Crippen LogP contribution in [0.2, 0.25) is 0 Å². The minimum Gasteiger partial charge on any atom is -0.378 e. The maximum Gasteiger partial charge on any atom is 0.128 e. The van der Waals surface area contributed by atoms with Crippen LogP contribution in [0.5, 0.6) is 0 Å². The van der Waals surface area contributed by atoms with Gasteiger partial charge in [-0.05, 0) is 38.3 Å². The second-order valence-electron chi connectivity index (χ2n) is 5.18. The molecule has 0 amide bonds. The van der Waals surface area contributed by atoms with Crippen molar-refractivity contribution in [1.82, 2.24) is 4.98 Å². The van der Waals surface area contributed by atoms with E-state index >= 15 is 0 Å². The number of hydrogen-bond donors (Lipinski definition) is 0. The number of rotatable bonds is 1. The van der Waals surface area contributed by atoms with E-state index in [4.69, 9.17) is 4.74 Å². The van der Waals surface area contributed by atoms with Crippen LogP contribution < -0.4 is 4.90 Å². The van der Waals surface area contributed by atoms with E-state index in [1.165, 1.54) is 12.8 Å². The zero-order valence-corrected chi connectivity index (χ0v) is 10.4. The molecule has 17 heavy (non-hydrogen) atoms. The van der Waals surface area contributed by atoms with E-state index in [0.717, 1.165) is 37.6 Å². The van der Waals surface area contributed by atoms with Crippen LogP contribution in [0.4, 0.5) is 5.82 Å². The molecule has 3 rings (SSSR count). The molecule has 0 bridgehead atoms. The van der Waals surface area contributed by atoms with Gasteiger partial charge in [0, 0.05) is 31.3 Å². The van der Waals surface area contributed by atoms with Gasteiger partial charge >= 0.3 is 0 Å². The number of nitrogens with zero attached hydrogens (tertiary/aromatic N) is 2. The summed E-state index contributed by atoms with van der Waals surface area (Å²) < 4.78 is 5.84. The Morgan fingerprint density at radius 3 is 3.18 bits per heavy atom. The topological polar surface area (TPSA) is 25.4 Å². The molecular weight excluding hydrogens is 212 g/mol. The highest BCUT2D eigenvalue weighted by Gasteiger charge is 2.32. The molecular formula is C14H20N2O. The fraction of sp³-hybridized carbons (Fsp3) is 0.643. The average Bonchev–Trinajstić information content (AvgIpc) is 2.38. The van der Waals surface area contributed by atoms with Crippen molar-refractivity contribution in [3.63, 3.8) is 0 Å².